The lowest BCUT2D eigenvalue weighted by Crippen LogP contribution is -2.02. The van der Waals surface area contributed by atoms with Crippen LogP contribution in [0.4, 0.5) is 0 Å². The molecule has 1 aromatic heterocycles. The number of carbonyl (C=O) groups excluding carboxylic acids is 1. The number of methoxy groups -OCH3 is 1. The standard InChI is InChI=1S/C15H12N2O3S/c1-19-15(18)10-21-13-7-5-12(6-8-13)20-14-4-2-3-11(9-16)17-14/h2-8H,10H2,1H3. The van der Waals surface area contributed by atoms with Crippen LogP contribution in [0.25, 0.3) is 0 Å². The predicted molar refractivity (Wildman–Crippen MR) is 78.2 cm³/mol. The number of ether oxygens (including phenoxy) is 2. The maximum atomic E-state index is 11.1. The zero-order valence-electron chi connectivity index (χ0n) is 11.3. The molecule has 0 aliphatic carbocycles. The Morgan fingerprint density at radius 1 is 1.29 bits per heavy atom. The summed E-state index contributed by atoms with van der Waals surface area (Å²) >= 11 is 1.39. The minimum atomic E-state index is -0.266. The third-order valence-corrected chi connectivity index (χ3v) is 3.45. The molecule has 0 spiro atoms. The number of esters is 1. The Morgan fingerprint density at radius 2 is 2.05 bits per heavy atom. The van der Waals surface area contributed by atoms with Gasteiger partial charge < -0.3 is 9.47 Å². The van der Waals surface area contributed by atoms with E-state index in [1.54, 1.807) is 30.3 Å². The minimum Gasteiger partial charge on any atom is -0.468 e. The molecule has 0 N–H and O–H groups in total. The number of hydrogen-bond donors (Lipinski definition) is 0. The van der Waals surface area contributed by atoms with Gasteiger partial charge in [0.05, 0.1) is 12.9 Å². The summed E-state index contributed by atoms with van der Waals surface area (Å²) < 4.78 is 10.1. The van der Waals surface area contributed by atoms with Gasteiger partial charge in [-0.1, -0.05) is 6.07 Å². The van der Waals surface area contributed by atoms with Crippen LogP contribution in [0.2, 0.25) is 0 Å². The third-order valence-electron chi connectivity index (χ3n) is 2.47. The summed E-state index contributed by atoms with van der Waals surface area (Å²) in [6.07, 6.45) is 0. The number of carbonyl (C=O) groups is 1. The Kier molecular flexibility index (Phi) is 5.18. The van der Waals surface area contributed by atoms with Gasteiger partial charge in [-0.3, -0.25) is 4.79 Å². The molecule has 6 heteroatoms. The van der Waals surface area contributed by atoms with Crippen LogP contribution < -0.4 is 4.74 Å². The van der Waals surface area contributed by atoms with Crippen molar-refractivity contribution in [1.82, 2.24) is 4.98 Å². The monoisotopic (exact) mass is 300 g/mol. The van der Waals surface area contributed by atoms with Gasteiger partial charge in [0.25, 0.3) is 0 Å². The number of hydrogen-bond acceptors (Lipinski definition) is 6. The van der Waals surface area contributed by atoms with E-state index < -0.39 is 0 Å². The molecule has 0 bridgehead atoms. The summed E-state index contributed by atoms with van der Waals surface area (Å²) in [7, 11) is 1.36. The van der Waals surface area contributed by atoms with E-state index in [2.05, 4.69) is 9.72 Å². The quantitative estimate of drug-likeness (QED) is 0.624. The maximum absolute atomic E-state index is 11.1. The third kappa shape index (κ3) is 4.51. The lowest BCUT2D eigenvalue weighted by atomic mass is 10.3. The Labute approximate surface area is 126 Å². The molecule has 1 heterocycles. The van der Waals surface area contributed by atoms with Crippen molar-refractivity contribution < 1.29 is 14.3 Å². The molecule has 0 saturated heterocycles. The lowest BCUT2D eigenvalue weighted by molar-refractivity contribution is -0.137. The molecule has 0 aliphatic heterocycles. The molecule has 0 atom stereocenters. The highest BCUT2D eigenvalue weighted by atomic mass is 32.2. The Morgan fingerprint density at radius 3 is 2.71 bits per heavy atom. The van der Waals surface area contributed by atoms with Crippen molar-refractivity contribution in [2.24, 2.45) is 0 Å². The van der Waals surface area contributed by atoms with Gasteiger partial charge in [0, 0.05) is 11.0 Å². The van der Waals surface area contributed by atoms with E-state index in [1.165, 1.54) is 18.9 Å². The van der Waals surface area contributed by atoms with E-state index >= 15 is 0 Å². The van der Waals surface area contributed by atoms with Crippen molar-refractivity contribution >= 4 is 17.7 Å². The first-order valence-corrected chi connectivity index (χ1v) is 7.04. The summed E-state index contributed by atoms with van der Waals surface area (Å²) in [6, 6.07) is 14.2. The molecule has 1 aromatic carbocycles. The molecule has 106 valence electrons. The van der Waals surface area contributed by atoms with Crippen LogP contribution >= 0.6 is 11.8 Å². The number of thioether (sulfide) groups is 1. The second-order valence-electron chi connectivity index (χ2n) is 3.91. The summed E-state index contributed by atoms with van der Waals surface area (Å²) in [6.45, 7) is 0. The Hall–Kier alpha value is -2.52. The molecule has 0 amide bonds. The first kappa shape index (κ1) is 14.9. The van der Waals surface area contributed by atoms with Gasteiger partial charge in [0.15, 0.2) is 0 Å². The van der Waals surface area contributed by atoms with E-state index in [0.717, 1.165) is 4.90 Å². The van der Waals surface area contributed by atoms with Crippen LogP contribution in [-0.2, 0) is 9.53 Å². The van der Waals surface area contributed by atoms with Crippen molar-refractivity contribution in [2.75, 3.05) is 12.9 Å². The summed E-state index contributed by atoms with van der Waals surface area (Å²) in [5.74, 6) is 0.976. The second kappa shape index (κ2) is 7.31. The summed E-state index contributed by atoms with van der Waals surface area (Å²) in [5.41, 5.74) is 0.303. The van der Waals surface area contributed by atoms with Crippen LogP contribution in [0, 0.1) is 11.3 Å². The van der Waals surface area contributed by atoms with Gasteiger partial charge in [0.2, 0.25) is 5.88 Å². The molecule has 0 fully saturated rings. The summed E-state index contributed by atoms with van der Waals surface area (Å²) in [5, 5.41) is 8.78. The topological polar surface area (TPSA) is 72.2 Å². The first-order chi connectivity index (χ1) is 10.2. The maximum Gasteiger partial charge on any atom is 0.315 e. The van der Waals surface area contributed by atoms with Crippen LogP contribution in [0.15, 0.2) is 47.4 Å². The molecule has 5 nitrogen and oxygen atoms in total. The number of nitriles is 1. The van der Waals surface area contributed by atoms with Crippen molar-refractivity contribution in [3.63, 3.8) is 0 Å². The normalized spacial score (nSPS) is 9.71. The zero-order valence-corrected chi connectivity index (χ0v) is 12.1. The van der Waals surface area contributed by atoms with Gasteiger partial charge in [-0.05, 0) is 30.3 Å². The van der Waals surface area contributed by atoms with Gasteiger partial charge in [-0.15, -0.1) is 11.8 Å². The lowest BCUT2D eigenvalue weighted by Gasteiger charge is -2.06. The van der Waals surface area contributed by atoms with E-state index in [-0.39, 0.29) is 11.7 Å². The Bertz CT molecular complexity index is 665. The fourth-order valence-corrected chi connectivity index (χ4v) is 2.19. The van der Waals surface area contributed by atoms with Crippen molar-refractivity contribution in [3.05, 3.63) is 48.2 Å². The number of rotatable bonds is 5. The molecule has 21 heavy (non-hydrogen) atoms. The molecule has 0 aliphatic rings. The molecule has 0 saturated carbocycles. The number of nitrogens with zero attached hydrogens (tertiary/aromatic N) is 2. The number of benzene rings is 1. The predicted octanol–water partition coefficient (Wildman–Crippen LogP) is 3.01. The number of pyridine rings is 1. The number of aromatic nitrogens is 1. The first-order valence-electron chi connectivity index (χ1n) is 6.06. The van der Waals surface area contributed by atoms with E-state index in [0.29, 0.717) is 17.3 Å². The molecular formula is C15H12N2O3S. The molecule has 0 radical (unpaired) electrons. The fourth-order valence-electron chi connectivity index (χ4n) is 1.46. The largest absolute Gasteiger partial charge is 0.468 e. The van der Waals surface area contributed by atoms with E-state index in [9.17, 15) is 4.79 Å². The van der Waals surface area contributed by atoms with E-state index in [4.69, 9.17) is 10.00 Å². The van der Waals surface area contributed by atoms with Gasteiger partial charge in [-0.25, -0.2) is 4.98 Å². The molecule has 0 unspecified atom stereocenters. The van der Waals surface area contributed by atoms with E-state index in [1.807, 2.05) is 18.2 Å². The minimum absolute atomic E-state index is 0.266. The Balaban J connectivity index is 1.99. The van der Waals surface area contributed by atoms with Crippen molar-refractivity contribution in [2.45, 2.75) is 4.90 Å². The molecule has 2 rings (SSSR count). The van der Waals surface area contributed by atoms with Crippen LogP contribution in [-0.4, -0.2) is 23.8 Å². The van der Waals surface area contributed by atoms with Gasteiger partial charge >= 0.3 is 5.97 Å². The van der Waals surface area contributed by atoms with Crippen LogP contribution in [0.3, 0.4) is 0 Å². The van der Waals surface area contributed by atoms with Gasteiger partial charge in [0.1, 0.15) is 17.5 Å². The van der Waals surface area contributed by atoms with Gasteiger partial charge in [-0.2, -0.15) is 5.26 Å². The summed E-state index contributed by atoms with van der Waals surface area (Å²) in [4.78, 5) is 16.0. The SMILES string of the molecule is COC(=O)CSc1ccc(Oc2cccc(C#N)n2)cc1. The fraction of sp³-hybridized carbons (Fsp3) is 0.133. The van der Waals surface area contributed by atoms with Crippen molar-refractivity contribution in [3.8, 4) is 17.7 Å². The highest BCUT2D eigenvalue weighted by Gasteiger charge is 2.04. The molecular weight excluding hydrogens is 288 g/mol. The smallest absolute Gasteiger partial charge is 0.315 e. The van der Waals surface area contributed by atoms with Crippen LogP contribution in [0.5, 0.6) is 11.6 Å². The average Bonchev–Trinajstić information content (AvgIpc) is 2.54. The molecule has 2 aromatic rings. The highest BCUT2D eigenvalue weighted by molar-refractivity contribution is 8.00. The average molecular weight is 300 g/mol. The second-order valence-corrected chi connectivity index (χ2v) is 4.96. The zero-order chi connectivity index (χ0) is 15.1. The highest BCUT2D eigenvalue weighted by Crippen LogP contribution is 2.24. The van der Waals surface area contributed by atoms with Crippen molar-refractivity contribution in [1.29, 1.82) is 5.26 Å². The van der Waals surface area contributed by atoms with Crippen LogP contribution in [0.1, 0.15) is 5.69 Å².